The fraction of sp³-hybridized carbons (Fsp3) is 0.318. The number of hydrogen-bond acceptors (Lipinski definition) is 3. The Morgan fingerprint density at radius 1 is 1.21 bits per heavy atom. The summed E-state index contributed by atoms with van der Waals surface area (Å²) in [6.45, 7) is 1.64. The number of carbonyl (C=O) groups is 1. The van der Waals surface area contributed by atoms with Crippen molar-refractivity contribution in [1.82, 2.24) is 19.4 Å². The second-order valence-corrected chi connectivity index (χ2v) is 7.23. The summed E-state index contributed by atoms with van der Waals surface area (Å²) in [4.78, 5) is 34.1. The lowest BCUT2D eigenvalue weighted by molar-refractivity contribution is 0.0595. The van der Waals surface area contributed by atoms with Crippen molar-refractivity contribution < 1.29 is 4.79 Å². The highest BCUT2D eigenvalue weighted by Crippen LogP contribution is 2.24. The molecule has 1 saturated heterocycles. The minimum absolute atomic E-state index is 0.0459. The molecular formula is C22H24N4O2. The number of nitrogens with zero attached hydrogens (tertiary/aromatic N) is 3. The van der Waals surface area contributed by atoms with E-state index in [1.165, 1.54) is 0 Å². The quantitative estimate of drug-likeness (QED) is 0.742. The van der Waals surface area contributed by atoms with Crippen LogP contribution in [-0.2, 0) is 6.54 Å². The van der Waals surface area contributed by atoms with E-state index in [0.717, 1.165) is 44.3 Å². The van der Waals surface area contributed by atoms with Gasteiger partial charge in [-0.3, -0.25) is 9.59 Å². The lowest BCUT2D eigenvalue weighted by Crippen LogP contribution is -2.44. The van der Waals surface area contributed by atoms with Crippen LogP contribution in [0.5, 0.6) is 0 Å². The molecule has 3 aromatic rings. The highest BCUT2D eigenvalue weighted by Gasteiger charge is 2.27. The van der Waals surface area contributed by atoms with E-state index in [0.29, 0.717) is 11.1 Å². The maximum absolute atomic E-state index is 13.3. The predicted molar refractivity (Wildman–Crippen MR) is 108 cm³/mol. The lowest BCUT2D eigenvalue weighted by Gasteiger charge is -2.36. The van der Waals surface area contributed by atoms with Gasteiger partial charge in [0.1, 0.15) is 0 Å². The van der Waals surface area contributed by atoms with E-state index in [1.807, 2.05) is 41.7 Å². The van der Waals surface area contributed by atoms with Crippen molar-refractivity contribution >= 4 is 5.91 Å². The third-order valence-corrected chi connectivity index (χ3v) is 5.41. The van der Waals surface area contributed by atoms with Gasteiger partial charge in [-0.05, 0) is 55.5 Å². The second-order valence-electron chi connectivity index (χ2n) is 7.23. The lowest BCUT2D eigenvalue weighted by atomic mass is 9.97. The monoisotopic (exact) mass is 376 g/mol. The van der Waals surface area contributed by atoms with Crippen LogP contribution >= 0.6 is 0 Å². The summed E-state index contributed by atoms with van der Waals surface area (Å²) >= 11 is 0. The van der Waals surface area contributed by atoms with Crippen molar-refractivity contribution in [2.75, 3.05) is 6.54 Å². The van der Waals surface area contributed by atoms with Gasteiger partial charge < -0.3 is 14.5 Å². The normalized spacial score (nSPS) is 16.9. The van der Waals surface area contributed by atoms with E-state index in [4.69, 9.17) is 0 Å². The second kappa shape index (κ2) is 8.25. The summed E-state index contributed by atoms with van der Waals surface area (Å²) in [6.07, 6.45) is 11.3. The Balaban J connectivity index is 1.54. The Hall–Kier alpha value is -3.15. The third kappa shape index (κ3) is 3.91. The number of rotatable bonds is 5. The number of aromatic nitrogens is 3. The van der Waals surface area contributed by atoms with Crippen LogP contribution in [0.3, 0.4) is 0 Å². The molecule has 1 N–H and O–H groups in total. The maximum Gasteiger partial charge on any atom is 0.255 e. The molecule has 1 amide bonds. The van der Waals surface area contributed by atoms with Crippen molar-refractivity contribution in [2.45, 2.75) is 38.3 Å². The van der Waals surface area contributed by atoms with Crippen LogP contribution in [0.2, 0.25) is 0 Å². The SMILES string of the molecule is O=C(c1cccc(-c2ccc[nH]c2=O)c1)N1CCCC[C@@H]1CCn1ccnc1. The number of aromatic amines is 1. The summed E-state index contributed by atoms with van der Waals surface area (Å²) in [6, 6.07) is 11.2. The Morgan fingerprint density at radius 2 is 2.14 bits per heavy atom. The van der Waals surface area contributed by atoms with E-state index in [1.54, 1.807) is 24.5 Å². The molecule has 28 heavy (non-hydrogen) atoms. The van der Waals surface area contributed by atoms with Crippen molar-refractivity contribution in [3.63, 3.8) is 0 Å². The van der Waals surface area contributed by atoms with E-state index in [2.05, 4.69) is 14.5 Å². The molecular weight excluding hydrogens is 352 g/mol. The number of carbonyl (C=O) groups excluding carboxylic acids is 1. The Bertz CT molecular complexity index is 994. The molecule has 1 atom stereocenters. The van der Waals surface area contributed by atoms with Gasteiger partial charge in [-0.1, -0.05) is 12.1 Å². The minimum Gasteiger partial charge on any atom is -0.337 e. The number of H-pyrrole nitrogens is 1. The van der Waals surface area contributed by atoms with Crippen LogP contribution in [-0.4, -0.2) is 37.9 Å². The number of amides is 1. The molecule has 0 unspecified atom stereocenters. The van der Waals surface area contributed by atoms with Gasteiger partial charge in [0.15, 0.2) is 0 Å². The zero-order valence-corrected chi connectivity index (χ0v) is 15.8. The summed E-state index contributed by atoms with van der Waals surface area (Å²) in [5, 5.41) is 0. The molecule has 144 valence electrons. The first kappa shape index (κ1) is 18.2. The highest BCUT2D eigenvalue weighted by molar-refractivity contribution is 5.95. The number of aryl methyl sites for hydroxylation is 1. The first-order chi connectivity index (χ1) is 13.7. The third-order valence-electron chi connectivity index (χ3n) is 5.41. The highest BCUT2D eigenvalue weighted by atomic mass is 16.2. The van der Waals surface area contributed by atoms with Crippen LogP contribution in [0, 0.1) is 0 Å². The van der Waals surface area contributed by atoms with E-state index in [9.17, 15) is 9.59 Å². The average Bonchev–Trinajstić information content (AvgIpc) is 3.26. The zero-order chi connectivity index (χ0) is 19.3. The van der Waals surface area contributed by atoms with Crippen molar-refractivity contribution in [3.05, 3.63) is 77.2 Å². The van der Waals surface area contributed by atoms with Gasteiger partial charge >= 0.3 is 0 Å². The molecule has 1 aliphatic rings. The van der Waals surface area contributed by atoms with Gasteiger partial charge in [-0.2, -0.15) is 0 Å². The Kier molecular flexibility index (Phi) is 5.37. The van der Waals surface area contributed by atoms with Gasteiger partial charge in [0.05, 0.1) is 6.33 Å². The van der Waals surface area contributed by atoms with E-state index < -0.39 is 0 Å². The molecule has 0 bridgehead atoms. The smallest absolute Gasteiger partial charge is 0.255 e. The summed E-state index contributed by atoms with van der Waals surface area (Å²) in [5.74, 6) is 0.0459. The summed E-state index contributed by atoms with van der Waals surface area (Å²) in [5.41, 5.74) is 1.82. The van der Waals surface area contributed by atoms with Gasteiger partial charge in [0.2, 0.25) is 0 Å². The molecule has 0 aliphatic carbocycles. The average molecular weight is 376 g/mol. The molecule has 6 nitrogen and oxygen atoms in total. The topological polar surface area (TPSA) is 71.0 Å². The maximum atomic E-state index is 13.3. The molecule has 1 aliphatic heterocycles. The van der Waals surface area contributed by atoms with Gasteiger partial charge in [0, 0.05) is 48.8 Å². The van der Waals surface area contributed by atoms with Crippen LogP contribution in [0.25, 0.3) is 11.1 Å². The number of likely N-dealkylation sites (tertiary alicyclic amines) is 1. The molecule has 6 heteroatoms. The number of hydrogen-bond donors (Lipinski definition) is 1. The van der Waals surface area contributed by atoms with E-state index in [-0.39, 0.29) is 17.5 Å². The number of pyridine rings is 1. The minimum atomic E-state index is -0.150. The van der Waals surface area contributed by atoms with Gasteiger partial charge in [-0.25, -0.2) is 4.98 Å². The van der Waals surface area contributed by atoms with Crippen LogP contribution in [0.1, 0.15) is 36.0 Å². The fourth-order valence-electron chi connectivity index (χ4n) is 3.92. The van der Waals surface area contributed by atoms with Crippen molar-refractivity contribution in [2.24, 2.45) is 0 Å². The molecule has 4 rings (SSSR count). The van der Waals surface area contributed by atoms with Crippen molar-refractivity contribution in [1.29, 1.82) is 0 Å². The zero-order valence-electron chi connectivity index (χ0n) is 15.8. The molecule has 2 aromatic heterocycles. The number of nitrogens with one attached hydrogen (secondary N) is 1. The van der Waals surface area contributed by atoms with Crippen molar-refractivity contribution in [3.8, 4) is 11.1 Å². The van der Waals surface area contributed by atoms with Gasteiger partial charge in [-0.15, -0.1) is 0 Å². The fourth-order valence-corrected chi connectivity index (χ4v) is 3.92. The molecule has 1 fully saturated rings. The first-order valence-electron chi connectivity index (χ1n) is 9.77. The van der Waals surface area contributed by atoms with Crippen LogP contribution in [0.15, 0.2) is 66.1 Å². The first-order valence-corrected chi connectivity index (χ1v) is 9.77. The van der Waals surface area contributed by atoms with Crippen LogP contribution < -0.4 is 5.56 Å². The standard InChI is InChI=1S/C22H24N4O2/c27-21-20(8-4-10-24-21)17-5-3-6-18(15-17)22(28)26-12-2-1-7-19(26)9-13-25-14-11-23-16-25/h3-6,8,10-11,14-16,19H,1-2,7,9,12-13H2,(H,24,27)/t19-/m1/s1. The molecule has 0 spiro atoms. The number of piperidine rings is 1. The van der Waals surface area contributed by atoms with E-state index >= 15 is 0 Å². The summed E-state index contributed by atoms with van der Waals surface area (Å²) < 4.78 is 2.06. The van der Waals surface area contributed by atoms with Crippen LogP contribution in [0.4, 0.5) is 0 Å². The molecule has 3 heterocycles. The Morgan fingerprint density at radius 3 is 2.96 bits per heavy atom. The van der Waals surface area contributed by atoms with Gasteiger partial charge in [0.25, 0.3) is 11.5 Å². The molecule has 1 aromatic carbocycles. The largest absolute Gasteiger partial charge is 0.337 e. The molecule has 0 radical (unpaired) electrons. The predicted octanol–water partition coefficient (Wildman–Crippen LogP) is 3.32. The number of imidazole rings is 1. The number of benzene rings is 1. The Labute approximate surface area is 163 Å². The molecule has 0 saturated carbocycles. The summed E-state index contributed by atoms with van der Waals surface area (Å²) in [7, 11) is 0.